The summed E-state index contributed by atoms with van der Waals surface area (Å²) in [6, 6.07) is 14.7. The van der Waals surface area contributed by atoms with E-state index in [1.54, 1.807) is 7.11 Å². The monoisotopic (exact) mass is 437 g/mol. The zero-order chi connectivity index (χ0) is 23.3. The highest BCUT2D eigenvalue weighted by molar-refractivity contribution is 6.09. The van der Waals surface area contributed by atoms with Gasteiger partial charge in [0.05, 0.1) is 18.2 Å². The largest absolute Gasteiger partial charge is 0.503 e. The number of aliphatic hydroxyl groups excluding tert-OH is 1. The third kappa shape index (κ3) is 5.19. The van der Waals surface area contributed by atoms with E-state index in [-0.39, 0.29) is 30.2 Å². The van der Waals surface area contributed by atoms with E-state index in [0.717, 1.165) is 16.7 Å². The van der Waals surface area contributed by atoms with Crippen molar-refractivity contribution in [2.75, 3.05) is 20.3 Å². The summed E-state index contributed by atoms with van der Waals surface area (Å²) in [4.78, 5) is 27.2. The number of hydrogen-bond donors (Lipinski definition) is 1. The fraction of sp³-hybridized carbons (Fsp3) is 0.385. The van der Waals surface area contributed by atoms with Crippen molar-refractivity contribution in [3.63, 3.8) is 0 Å². The highest BCUT2D eigenvalue weighted by atomic mass is 16.5. The number of aliphatic hydroxyl groups is 1. The Morgan fingerprint density at radius 3 is 2.44 bits per heavy atom. The number of ether oxygens (including phenoxy) is 2. The quantitative estimate of drug-likeness (QED) is 0.591. The molecule has 1 N–H and O–H groups in total. The molecule has 1 amide bonds. The third-order valence-electron chi connectivity index (χ3n) is 5.59. The maximum absolute atomic E-state index is 12.9. The summed E-state index contributed by atoms with van der Waals surface area (Å²) in [7, 11) is 1.55. The van der Waals surface area contributed by atoms with E-state index in [0.29, 0.717) is 19.0 Å². The molecule has 1 atom stereocenters. The van der Waals surface area contributed by atoms with Gasteiger partial charge in [0.1, 0.15) is 12.4 Å². The molecule has 0 aliphatic carbocycles. The predicted octanol–water partition coefficient (Wildman–Crippen LogP) is 4.53. The third-order valence-corrected chi connectivity index (χ3v) is 5.59. The molecule has 6 heteroatoms. The van der Waals surface area contributed by atoms with Gasteiger partial charge >= 0.3 is 0 Å². The van der Waals surface area contributed by atoms with E-state index in [2.05, 4.69) is 0 Å². The summed E-state index contributed by atoms with van der Waals surface area (Å²) in [5.74, 6) is -0.414. The lowest BCUT2D eigenvalue weighted by molar-refractivity contribution is -0.130. The Hall–Kier alpha value is -3.12. The predicted molar refractivity (Wildman–Crippen MR) is 122 cm³/mol. The van der Waals surface area contributed by atoms with Crippen molar-refractivity contribution < 1.29 is 24.2 Å². The van der Waals surface area contributed by atoms with Crippen molar-refractivity contribution in [3.8, 4) is 5.75 Å². The summed E-state index contributed by atoms with van der Waals surface area (Å²) in [5, 5.41) is 10.5. The topological polar surface area (TPSA) is 76.1 Å². The molecule has 6 nitrogen and oxygen atoms in total. The van der Waals surface area contributed by atoms with Crippen molar-refractivity contribution in [1.82, 2.24) is 4.90 Å². The molecule has 0 saturated carbocycles. The smallest absolute Gasteiger partial charge is 0.290 e. The van der Waals surface area contributed by atoms with E-state index in [1.165, 1.54) is 4.90 Å². The minimum atomic E-state index is -0.644. The molecule has 0 fully saturated rings. The van der Waals surface area contributed by atoms with Crippen molar-refractivity contribution in [2.45, 2.75) is 39.8 Å². The van der Waals surface area contributed by atoms with Crippen LogP contribution in [0.2, 0.25) is 0 Å². The Morgan fingerprint density at radius 2 is 1.81 bits per heavy atom. The Kier molecular flexibility index (Phi) is 7.70. The number of carbonyl (C=O) groups is 2. The van der Waals surface area contributed by atoms with Gasteiger partial charge in [-0.25, -0.2) is 0 Å². The van der Waals surface area contributed by atoms with Gasteiger partial charge in [0.2, 0.25) is 0 Å². The first-order valence-corrected chi connectivity index (χ1v) is 10.9. The number of Topliss-reactive ketones (excluding diaryl/α,β-unsaturated/α-hetero) is 1. The molecule has 0 bridgehead atoms. The summed E-state index contributed by atoms with van der Waals surface area (Å²) < 4.78 is 11.1. The van der Waals surface area contributed by atoms with Gasteiger partial charge in [-0.1, -0.05) is 50.2 Å². The molecule has 0 radical (unpaired) electrons. The molecular weight excluding hydrogens is 406 g/mol. The van der Waals surface area contributed by atoms with Gasteiger partial charge in [-0.2, -0.15) is 0 Å². The lowest BCUT2D eigenvalue weighted by Crippen LogP contribution is -2.34. The number of nitrogens with zero attached hydrogens (tertiary/aromatic N) is 1. The van der Waals surface area contributed by atoms with Crippen molar-refractivity contribution in [2.24, 2.45) is 5.92 Å². The fourth-order valence-electron chi connectivity index (χ4n) is 3.87. The van der Waals surface area contributed by atoms with Gasteiger partial charge in [-0.3, -0.25) is 9.59 Å². The van der Waals surface area contributed by atoms with E-state index >= 15 is 0 Å². The summed E-state index contributed by atoms with van der Waals surface area (Å²) >= 11 is 0. The Labute approximate surface area is 189 Å². The molecule has 1 heterocycles. The normalized spacial score (nSPS) is 16.2. The van der Waals surface area contributed by atoms with Gasteiger partial charge < -0.3 is 19.5 Å². The number of aryl methyl sites for hydroxylation is 1. The van der Waals surface area contributed by atoms with Crippen LogP contribution in [0.15, 0.2) is 59.9 Å². The van der Waals surface area contributed by atoms with E-state index in [4.69, 9.17) is 9.47 Å². The molecule has 170 valence electrons. The second-order valence-corrected chi connectivity index (χ2v) is 8.46. The van der Waals surface area contributed by atoms with Crippen LogP contribution in [-0.4, -0.2) is 42.0 Å². The zero-order valence-corrected chi connectivity index (χ0v) is 19.1. The fourth-order valence-corrected chi connectivity index (χ4v) is 3.87. The van der Waals surface area contributed by atoms with E-state index in [9.17, 15) is 14.7 Å². The minimum Gasteiger partial charge on any atom is -0.503 e. The van der Waals surface area contributed by atoms with Crippen LogP contribution in [-0.2, 0) is 20.9 Å². The zero-order valence-electron chi connectivity index (χ0n) is 19.1. The Morgan fingerprint density at radius 1 is 1.12 bits per heavy atom. The maximum atomic E-state index is 12.9. The van der Waals surface area contributed by atoms with Crippen LogP contribution in [0.5, 0.6) is 5.75 Å². The molecule has 0 spiro atoms. The molecule has 3 rings (SSSR count). The first-order chi connectivity index (χ1) is 15.3. The van der Waals surface area contributed by atoms with E-state index < -0.39 is 17.7 Å². The molecule has 1 aliphatic rings. The van der Waals surface area contributed by atoms with Crippen molar-refractivity contribution in [1.29, 1.82) is 0 Å². The maximum Gasteiger partial charge on any atom is 0.290 e. The summed E-state index contributed by atoms with van der Waals surface area (Å²) in [6.45, 7) is 6.94. The number of amides is 1. The number of hydrogen-bond acceptors (Lipinski definition) is 5. The summed E-state index contributed by atoms with van der Waals surface area (Å²) in [6.07, 6.45) is 0.263. The minimum absolute atomic E-state index is 0.115. The average molecular weight is 438 g/mol. The number of rotatable bonds is 10. The van der Waals surface area contributed by atoms with Crippen LogP contribution in [0, 0.1) is 12.8 Å². The molecule has 2 aromatic rings. The first kappa shape index (κ1) is 23.5. The van der Waals surface area contributed by atoms with E-state index in [1.807, 2.05) is 69.3 Å². The van der Waals surface area contributed by atoms with Gasteiger partial charge in [-0.05, 0) is 41.7 Å². The highest BCUT2D eigenvalue weighted by Crippen LogP contribution is 2.39. The van der Waals surface area contributed by atoms with Gasteiger partial charge in [-0.15, -0.1) is 0 Å². The molecule has 1 aliphatic heterocycles. The lowest BCUT2D eigenvalue weighted by atomic mass is 9.92. The molecule has 1 unspecified atom stereocenters. The first-order valence-electron chi connectivity index (χ1n) is 10.9. The van der Waals surface area contributed by atoms with Gasteiger partial charge in [0.15, 0.2) is 11.5 Å². The van der Waals surface area contributed by atoms with Crippen molar-refractivity contribution in [3.05, 3.63) is 76.6 Å². The number of benzene rings is 2. The number of ketones is 1. The molecule has 0 aromatic heterocycles. The standard InChI is InChI=1S/C26H31NO5/c1-17(2)15-22(28)23-24(27(13-14-31-4)26(30)25(23)29)19-9-11-21(12-10-19)32-16-20-8-6-5-7-18(20)3/h5-12,17,24,29H,13-16H2,1-4H3. The molecule has 0 saturated heterocycles. The van der Waals surface area contributed by atoms with Crippen LogP contribution in [0.4, 0.5) is 0 Å². The number of methoxy groups -OCH3 is 1. The van der Waals surface area contributed by atoms with Crippen LogP contribution < -0.4 is 4.74 Å². The molecular formula is C26H31NO5. The Balaban J connectivity index is 1.84. The van der Waals surface area contributed by atoms with Crippen LogP contribution >= 0.6 is 0 Å². The van der Waals surface area contributed by atoms with Crippen molar-refractivity contribution >= 4 is 11.7 Å². The summed E-state index contributed by atoms with van der Waals surface area (Å²) in [5.41, 5.74) is 3.18. The highest BCUT2D eigenvalue weighted by Gasteiger charge is 2.43. The second-order valence-electron chi connectivity index (χ2n) is 8.46. The second kappa shape index (κ2) is 10.5. The number of carbonyl (C=O) groups excluding carboxylic acids is 2. The van der Waals surface area contributed by atoms with Crippen LogP contribution in [0.1, 0.15) is 43.0 Å². The van der Waals surface area contributed by atoms with Crippen LogP contribution in [0.25, 0.3) is 0 Å². The SMILES string of the molecule is COCCN1C(=O)C(O)=C(C(=O)CC(C)C)C1c1ccc(OCc2ccccc2C)cc1. The van der Waals surface area contributed by atoms with Gasteiger partial charge in [0.25, 0.3) is 5.91 Å². The molecule has 32 heavy (non-hydrogen) atoms. The average Bonchev–Trinajstić information content (AvgIpc) is 3.02. The van der Waals surface area contributed by atoms with Gasteiger partial charge in [0, 0.05) is 20.1 Å². The Bertz CT molecular complexity index is 994. The van der Waals surface area contributed by atoms with Crippen LogP contribution in [0.3, 0.4) is 0 Å². The molecule has 2 aromatic carbocycles. The lowest BCUT2D eigenvalue weighted by Gasteiger charge is -2.27.